The number of ether oxygens (including phenoxy) is 1. The second kappa shape index (κ2) is 8.70. The Balaban J connectivity index is 1.35. The summed E-state index contributed by atoms with van der Waals surface area (Å²) in [6.07, 6.45) is 2.81. The maximum atomic E-state index is 12.5. The van der Waals surface area contributed by atoms with Crippen LogP contribution in [0.5, 0.6) is 0 Å². The smallest absolute Gasteiger partial charge is 0.253 e. The molecule has 2 amide bonds. The average molecular weight is 391 g/mol. The number of nitrogens with zero attached hydrogens (tertiary/aromatic N) is 1. The third-order valence-corrected chi connectivity index (χ3v) is 4.63. The average Bonchev–Trinajstić information content (AvgIpc) is 3.45. The van der Waals surface area contributed by atoms with Crippen LogP contribution >= 0.6 is 0 Å². The minimum atomic E-state index is -0.420. The van der Waals surface area contributed by atoms with E-state index in [0.717, 1.165) is 12.0 Å². The largest absolute Gasteiger partial charge is 0.439 e. The zero-order valence-electron chi connectivity index (χ0n) is 15.8. The van der Waals surface area contributed by atoms with E-state index in [-0.39, 0.29) is 18.4 Å². The molecule has 148 valence electrons. The lowest BCUT2D eigenvalue weighted by Gasteiger charge is -2.11. The fraction of sp³-hybridized carbons (Fsp3) is 0.227. The third-order valence-electron chi connectivity index (χ3n) is 4.63. The molecule has 7 nitrogen and oxygen atoms in total. The van der Waals surface area contributed by atoms with Gasteiger partial charge in [0.15, 0.2) is 5.76 Å². The Morgan fingerprint density at radius 1 is 1.10 bits per heavy atom. The zero-order valence-corrected chi connectivity index (χ0v) is 15.8. The molecule has 1 aliphatic rings. The first kappa shape index (κ1) is 18.9. The molecule has 1 aromatic heterocycles. The highest BCUT2D eigenvalue weighted by Crippen LogP contribution is 2.20. The molecule has 1 fully saturated rings. The lowest BCUT2D eigenvalue weighted by Crippen LogP contribution is -2.27. The highest BCUT2D eigenvalue weighted by molar-refractivity contribution is 5.98. The van der Waals surface area contributed by atoms with Crippen LogP contribution < -0.4 is 10.6 Å². The number of oxazole rings is 1. The standard InChI is InChI=1S/C22H21N3O4/c26-21(24-14-20-23-13-19(29-20)15-6-2-1-3-7-15)16-8-4-9-17(12-16)25-22(27)18-10-5-11-28-18/h1-4,6-9,12-13,18H,5,10-11,14H2,(H,24,26)(H,25,27). The molecular formula is C22H21N3O4. The molecule has 1 unspecified atom stereocenters. The lowest BCUT2D eigenvalue weighted by atomic mass is 10.1. The summed E-state index contributed by atoms with van der Waals surface area (Å²) in [5.74, 6) is 0.597. The summed E-state index contributed by atoms with van der Waals surface area (Å²) in [6, 6.07) is 16.4. The predicted octanol–water partition coefficient (Wildman–Crippen LogP) is 3.39. The highest BCUT2D eigenvalue weighted by atomic mass is 16.5. The Morgan fingerprint density at radius 2 is 1.97 bits per heavy atom. The van der Waals surface area contributed by atoms with Crippen LogP contribution in [-0.4, -0.2) is 29.5 Å². The van der Waals surface area contributed by atoms with Gasteiger partial charge in [-0.1, -0.05) is 36.4 Å². The van der Waals surface area contributed by atoms with Crippen molar-refractivity contribution in [2.45, 2.75) is 25.5 Å². The van der Waals surface area contributed by atoms with Gasteiger partial charge in [-0.05, 0) is 31.0 Å². The summed E-state index contributed by atoms with van der Waals surface area (Å²) in [6.45, 7) is 0.769. The normalized spacial score (nSPS) is 15.8. The van der Waals surface area contributed by atoms with E-state index in [0.29, 0.717) is 35.9 Å². The van der Waals surface area contributed by atoms with E-state index < -0.39 is 6.10 Å². The van der Waals surface area contributed by atoms with E-state index in [4.69, 9.17) is 9.15 Å². The van der Waals surface area contributed by atoms with Gasteiger partial charge in [-0.2, -0.15) is 0 Å². The zero-order chi connectivity index (χ0) is 20.1. The Kier molecular flexibility index (Phi) is 5.67. The summed E-state index contributed by atoms with van der Waals surface area (Å²) in [5, 5.41) is 5.58. The molecule has 0 bridgehead atoms. The number of rotatable bonds is 6. The molecule has 1 atom stereocenters. The van der Waals surface area contributed by atoms with Crippen molar-refractivity contribution in [2.24, 2.45) is 0 Å². The fourth-order valence-corrected chi connectivity index (χ4v) is 3.13. The maximum Gasteiger partial charge on any atom is 0.253 e. The van der Waals surface area contributed by atoms with Crippen molar-refractivity contribution >= 4 is 17.5 Å². The van der Waals surface area contributed by atoms with E-state index in [1.165, 1.54) is 0 Å². The van der Waals surface area contributed by atoms with Crippen LogP contribution in [0.3, 0.4) is 0 Å². The van der Waals surface area contributed by atoms with Crippen molar-refractivity contribution in [1.82, 2.24) is 10.3 Å². The van der Waals surface area contributed by atoms with Crippen molar-refractivity contribution in [3.63, 3.8) is 0 Å². The molecular weight excluding hydrogens is 370 g/mol. The first-order valence-electron chi connectivity index (χ1n) is 9.50. The number of hydrogen-bond acceptors (Lipinski definition) is 5. The molecule has 4 rings (SSSR count). The minimum Gasteiger partial charge on any atom is -0.439 e. The first-order chi connectivity index (χ1) is 14.2. The molecule has 2 heterocycles. The van der Waals surface area contributed by atoms with Crippen LogP contribution in [0.4, 0.5) is 5.69 Å². The van der Waals surface area contributed by atoms with E-state index in [9.17, 15) is 9.59 Å². The maximum absolute atomic E-state index is 12.5. The topological polar surface area (TPSA) is 93.5 Å². The quantitative estimate of drug-likeness (QED) is 0.672. The van der Waals surface area contributed by atoms with Crippen molar-refractivity contribution in [2.75, 3.05) is 11.9 Å². The van der Waals surface area contributed by atoms with Crippen LogP contribution in [0.25, 0.3) is 11.3 Å². The van der Waals surface area contributed by atoms with Gasteiger partial charge < -0.3 is 19.8 Å². The van der Waals surface area contributed by atoms with Gasteiger partial charge in [0.2, 0.25) is 5.89 Å². The lowest BCUT2D eigenvalue weighted by molar-refractivity contribution is -0.124. The number of aromatic nitrogens is 1. The fourth-order valence-electron chi connectivity index (χ4n) is 3.13. The second-order valence-corrected chi connectivity index (χ2v) is 6.74. The van der Waals surface area contributed by atoms with Crippen LogP contribution in [-0.2, 0) is 16.1 Å². The van der Waals surface area contributed by atoms with Gasteiger partial charge in [-0.15, -0.1) is 0 Å². The first-order valence-corrected chi connectivity index (χ1v) is 9.50. The summed E-state index contributed by atoms with van der Waals surface area (Å²) in [7, 11) is 0. The van der Waals surface area contributed by atoms with Crippen molar-refractivity contribution in [3.05, 3.63) is 72.2 Å². The van der Waals surface area contributed by atoms with Gasteiger partial charge in [0, 0.05) is 23.4 Å². The number of nitrogens with one attached hydrogen (secondary N) is 2. The van der Waals surface area contributed by atoms with E-state index in [2.05, 4.69) is 15.6 Å². The predicted molar refractivity (Wildman–Crippen MR) is 107 cm³/mol. The van der Waals surface area contributed by atoms with Gasteiger partial charge in [-0.25, -0.2) is 4.98 Å². The highest BCUT2D eigenvalue weighted by Gasteiger charge is 2.23. The molecule has 0 radical (unpaired) electrons. The van der Waals surface area contributed by atoms with Gasteiger partial charge >= 0.3 is 0 Å². The molecule has 29 heavy (non-hydrogen) atoms. The second-order valence-electron chi connectivity index (χ2n) is 6.74. The molecule has 2 N–H and O–H groups in total. The van der Waals surface area contributed by atoms with Gasteiger partial charge in [0.05, 0.1) is 12.7 Å². The molecule has 1 saturated heterocycles. The number of amides is 2. The summed E-state index contributed by atoms with van der Waals surface area (Å²) >= 11 is 0. The van der Waals surface area contributed by atoms with E-state index in [1.807, 2.05) is 30.3 Å². The number of carbonyl (C=O) groups is 2. The number of carbonyl (C=O) groups excluding carboxylic acids is 2. The monoisotopic (exact) mass is 391 g/mol. The Labute approximate surface area is 168 Å². The van der Waals surface area contributed by atoms with E-state index in [1.54, 1.807) is 30.5 Å². The van der Waals surface area contributed by atoms with Gasteiger partial charge in [0.25, 0.3) is 11.8 Å². The minimum absolute atomic E-state index is 0.165. The van der Waals surface area contributed by atoms with Crippen LogP contribution in [0.15, 0.2) is 65.2 Å². The molecule has 7 heteroatoms. The number of anilines is 1. The van der Waals surface area contributed by atoms with Crippen LogP contribution in [0.2, 0.25) is 0 Å². The molecule has 0 aliphatic carbocycles. The van der Waals surface area contributed by atoms with Crippen molar-refractivity contribution in [3.8, 4) is 11.3 Å². The number of benzene rings is 2. The Hall–Kier alpha value is -3.45. The Bertz CT molecular complexity index is 994. The SMILES string of the molecule is O=C(NCc1ncc(-c2ccccc2)o1)c1cccc(NC(=O)C2CCCO2)c1. The van der Waals surface area contributed by atoms with Crippen LogP contribution in [0, 0.1) is 0 Å². The Morgan fingerprint density at radius 3 is 2.76 bits per heavy atom. The molecule has 2 aromatic carbocycles. The number of hydrogen-bond donors (Lipinski definition) is 2. The third kappa shape index (κ3) is 4.70. The van der Waals surface area contributed by atoms with Crippen LogP contribution in [0.1, 0.15) is 29.1 Å². The molecule has 3 aromatic rings. The molecule has 1 aliphatic heterocycles. The molecule has 0 saturated carbocycles. The molecule has 0 spiro atoms. The summed E-state index contributed by atoms with van der Waals surface area (Å²) in [5.41, 5.74) is 1.91. The van der Waals surface area contributed by atoms with Crippen molar-refractivity contribution < 1.29 is 18.7 Å². The summed E-state index contributed by atoms with van der Waals surface area (Å²) < 4.78 is 11.1. The van der Waals surface area contributed by atoms with Gasteiger partial charge in [-0.3, -0.25) is 9.59 Å². The van der Waals surface area contributed by atoms with E-state index >= 15 is 0 Å². The van der Waals surface area contributed by atoms with Gasteiger partial charge in [0.1, 0.15) is 6.10 Å². The van der Waals surface area contributed by atoms with Crippen molar-refractivity contribution in [1.29, 1.82) is 0 Å². The summed E-state index contributed by atoms with van der Waals surface area (Å²) in [4.78, 5) is 28.8.